The molecular weight excluding hydrogens is 957 g/mol. The summed E-state index contributed by atoms with van der Waals surface area (Å²) in [5.41, 5.74) is 16.5. The molecule has 0 aromatic heterocycles. The van der Waals surface area contributed by atoms with Crippen LogP contribution in [0.5, 0.6) is 0 Å². The molecule has 30 nitrogen and oxygen atoms in total. The molecule has 0 spiro atoms. The van der Waals surface area contributed by atoms with Crippen LogP contribution < -0.4 is 70.4 Å². The third-order valence-electron chi connectivity index (χ3n) is 10.0. The van der Waals surface area contributed by atoms with Crippen LogP contribution >= 0.6 is 0 Å². The van der Waals surface area contributed by atoms with Crippen molar-refractivity contribution in [1.82, 2.24) is 53.2 Å². The lowest BCUT2D eigenvalue weighted by atomic mass is 10.0. The Balaban J connectivity index is 2.98. The second kappa shape index (κ2) is 32.0. The van der Waals surface area contributed by atoms with E-state index in [0.717, 1.165) is 20.8 Å². The van der Waals surface area contributed by atoms with Gasteiger partial charge < -0.3 is 90.8 Å². The fourth-order valence-electron chi connectivity index (χ4n) is 6.10. The van der Waals surface area contributed by atoms with Gasteiger partial charge in [-0.2, -0.15) is 0 Å². The van der Waals surface area contributed by atoms with E-state index in [-0.39, 0.29) is 51.0 Å². The molecule has 1 aromatic carbocycles. The normalized spacial score (nSPS) is 14.5. The number of hydrogen-bond donors (Lipinski definition) is 18. The zero-order valence-electron chi connectivity index (χ0n) is 39.8. The van der Waals surface area contributed by atoms with E-state index in [2.05, 4.69) is 53.2 Å². The van der Waals surface area contributed by atoms with Crippen molar-refractivity contribution in [2.24, 2.45) is 17.2 Å². The highest BCUT2D eigenvalue weighted by Crippen LogP contribution is 2.07. The van der Waals surface area contributed by atoms with Gasteiger partial charge in [-0.3, -0.25) is 58.1 Å². The standard InChI is InChI=1S/C42H66N14O16/c1-20(35(65)55-33(21(2)57)39(69)50-19-31(62)52-25(12-13-28(44)59)37(67)54-26(41(71)72)10-7-15-47-42(45)46)51-40(70)34(22(3)58)56-38(68)27(16-23-8-5-4-6-9-23)53-30(61)18-48-29(60)17-49-36(66)24(43)11-14-32(63)64/h4-6,8-9,20-22,24-27,33-34,57-58H,7,10-19,43H2,1-3H3,(H2,44,59)(H,48,60)(H,49,66)(H,50,69)(H,51,70)(H,52,62)(H,53,61)(H,54,67)(H,55,65)(H,56,68)(H,63,64)(H,71,72)(H4,45,46,47)/t20-,21+,22+,24-,25-,26-,27-,33-,34-/m0/s1. The molecule has 0 radical (unpaired) electrons. The molecule has 0 unspecified atom stereocenters. The number of guanidine groups is 1. The van der Waals surface area contributed by atoms with Gasteiger partial charge in [0.1, 0.15) is 36.3 Å². The van der Waals surface area contributed by atoms with Crippen molar-refractivity contribution in [3.05, 3.63) is 35.9 Å². The number of hydrogen-bond acceptors (Lipinski definition) is 16. The van der Waals surface area contributed by atoms with Crippen molar-refractivity contribution in [2.75, 3.05) is 26.2 Å². The van der Waals surface area contributed by atoms with E-state index in [1.807, 2.05) is 0 Å². The molecule has 0 heterocycles. The molecule has 0 aliphatic carbocycles. The van der Waals surface area contributed by atoms with Crippen molar-refractivity contribution in [3.63, 3.8) is 0 Å². The third kappa shape index (κ3) is 25.0. The first-order valence-corrected chi connectivity index (χ1v) is 22.3. The Morgan fingerprint density at radius 3 is 1.64 bits per heavy atom. The van der Waals surface area contributed by atoms with Gasteiger partial charge in [0.05, 0.1) is 37.9 Å². The van der Waals surface area contributed by atoms with Crippen molar-refractivity contribution in [1.29, 1.82) is 5.41 Å². The minimum atomic E-state index is -1.76. The maximum absolute atomic E-state index is 13.6. The van der Waals surface area contributed by atoms with Crippen LogP contribution in [0.15, 0.2) is 30.3 Å². The molecule has 10 amide bonds. The van der Waals surface area contributed by atoms with Gasteiger partial charge in [0.25, 0.3) is 0 Å². The molecule has 72 heavy (non-hydrogen) atoms. The Morgan fingerprint density at radius 2 is 1.08 bits per heavy atom. The number of aliphatic hydroxyl groups is 2. The Hall–Kier alpha value is -7.99. The molecule has 21 N–H and O–H groups in total. The van der Waals surface area contributed by atoms with Gasteiger partial charge in [-0.15, -0.1) is 0 Å². The van der Waals surface area contributed by atoms with Crippen molar-refractivity contribution in [2.45, 2.75) is 120 Å². The predicted molar refractivity (Wildman–Crippen MR) is 250 cm³/mol. The summed E-state index contributed by atoms with van der Waals surface area (Å²) in [7, 11) is 0. The summed E-state index contributed by atoms with van der Waals surface area (Å²) >= 11 is 0. The molecule has 30 heteroatoms. The zero-order valence-corrected chi connectivity index (χ0v) is 39.8. The van der Waals surface area contributed by atoms with Gasteiger partial charge >= 0.3 is 11.9 Å². The number of primary amides is 1. The van der Waals surface area contributed by atoms with E-state index in [0.29, 0.717) is 5.56 Å². The first-order valence-electron chi connectivity index (χ1n) is 22.3. The quantitative estimate of drug-likeness (QED) is 0.0177. The monoisotopic (exact) mass is 1020 g/mol. The molecule has 1 rings (SSSR count). The number of carboxylic acids is 2. The molecule has 0 aliphatic heterocycles. The first kappa shape index (κ1) is 62.0. The van der Waals surface area contributed by atoms with Gasteiger partial charge in [0, 0.05) is 25.8 Å². The Labute approximate surface area is 412 Å². The fraction of sp³-hybridized carbons (Fsp3) is 0.548. The highest BCUT2D eigenvalue weighted by molar-refractivity contribution is 5.97. The average Bonchev–Trinajstić information content (AvgIpc) is 3.30. The second-order valence-corrected chi connectivity index (χ2v) is 16.3. The number of carboxylic acid groups (broad SMARTS) is 2. The molecule has 0 bridgehead atoms. The van der Waals surface area contributed by atoms with E-state index in [1.165, 1.54) is 0 Å². The Bertz CT molecular complexity index is 2090. The van der Waals surface area contributed by atoms with Gasteiger partial charge in [-0.1, -0.05) is 30.3 Å². The number of rotatable bonds is 33. The predicted octanol–water partition coefficient (Wildman–Crippen LogP) is -7.93. The molecule has 0 saturated heterocycles. The number of nitrogens with one attached hydrogen (secondary N) is 11. The fourth-order valence-corrected chi connectivity index (χ4v) is 6.10. The highest BCUT2D eigenvalue weighted by atomic mass is 16.4. The van der Waals surface area contributed by atoms with E-state index in [4.69, 9.17) is 27.7 Å². The van der Waals surface area contributed by atoms with Crippen LogP contribution in [-0.2, 0) is 64.0 Å². The van der Waals surface area contributed by atoms with Crippen molar-refractivity contribution in [3.8, 4) is 0 Å². The lowest BCUT2D eigenvalue weighted by Gasteiger charge is -2.27. The van der Waals surface area contributed by atoms with Crippen LogP contribution in [0.3, 0.4) is 0 Å². The molecule has 9 atom stereocenters. The molecule has 0 aliphatic rings. The maximum Gasteiger partial charge on any atom is 0.326 e. The van der Waals surface area contributed by atoms with Crippen LogP contribution in [0, 0.1) is 5.41 Å². The summed E-state index contributed by atoms with van der Waals surface area (Å²) in [6, 6.07) is -2.42. The maximum atomic E-state index is 13.6. The first-order chi connectivity index (χ1) is 33.7. The summed E-state index contributed by atoms with van der Waals surface area (Å²) in [4.78, 5) is 151. The van der Waals surface area contributed by atoms with Gasteiger partial charge in [-0.25, -0.2) is 4.79 Å². The largest absolute Gasteiger partial charge is 0.481 e. The van der Waals surface area contributed by atoms with E-state index in [9.17, 15) is 72.9 Å². The second-order valence-electron chi connectivity index (χ2n) is 16.3. The number of benzene rings is 1. The number of aliphatic carboxylic acids is 2. The number of carbonyl (C=O) groups is 12. The summed E-state index contributed by atoms with van der Waals surface area (Å²) in [5, 5.41) is 69.2. The number of nitrogens with two attached hydrogens (primary N) is 3. The number of aliphatic hydroxyl groups excluding tert-OH is 2. The lowest BCUT2D eigenvalue weighted by Crippen LogP contribution is -2.61. The summed E-state index contributed by atoms with van der Waals surface area (Å²) in [5.74, 6) is -12.7. The summed E-state index contributed by atoms with van der Waals surface area (Å²) in [6.45, 7) is 1.33. The Morgan fingerprint density at radius 1 is 0.556 bits per heavy atom. The molecule has 400 valence electrons. The van der Waals surface area contributed by atoms with Gasteiger partial charge in [0.2, 0.25) is 59.1 Å². The van der Waals surface area contributed by atoms with Gasteiger partial charge in [0.15, 0.2) is 5.96 Å². The van der Waals surface area contributed by atoms with E-state index >= 15 is 0 Å². The lowest BCUT2D eigenvalue weighted by molar-refractivity contribution is -0.142. The van der Waals surface area contributed by atoms with E-state index in [1.54, 1.807) is 30.3 Å². The minimum absolute atomic E-state index is 0.113. The van der Waals surface area contributed by atoms with Crippen LogP contribution in [0.25, 0.3) is 0 Å². The van der Waals surface area contributed by atoms with Crippen molar-refractivity contribution < 1.29 is 78.0 Å². The smallest absolute Gasteiger partial charge is 0.326 e. The SMILES string of the molecule is C[C@H](NC(=O)[C@@H](NC(=O)[C@H](Cc1ccccc1)NC(=O)CNC(=O)CNC(=O)[C@@H](N)CCC(=O)O)[C@@H](C)O)C(=O)N[C@H](C(=O)NCC(=O)N[C@@H](CCC(N)=O)C(=O)N[C@@H](CCCNC(=N)N)C(=O)O)[C@@H](C)O. The van der Waals surface area contributed by atoms with Crippen molar-refractivity contribution >= 4 is 77.0 Å². The minimum Gasteiger partial charge on any atom is -0.481 e. The topological polar surface area (TPSA) is 508 Å². The summed E-state index contributed by atoms with van der Waals surface area (Å²) in [6.07, 6.45) is -4.72. The Kier molecular flexibility index (Phi) is 27.6. The van der Waals surface area contributed by atoms with Crippen LogP contribution in [0.4, 0.5) is 0 Å². The van der Waals surface area contributed by atoms with Crippen LogP contribution in [-0.4, -0.2) is 178 Å². The van der Waals surface area contributed by atoms with Crippen LogP contribution in [0.1, 0.15) is 64.9 Å². The number of carbonyl (C=O) groups excluding carboxylic acids is 10. The van der Waals surface area contributed by atoms with Crippen LogP contribution in [0.2, 0.25) is 0 Å². The molecule has 0 fully saturated rings. The number of amides is 10. The van der Waals surface area contributed by atoms with E-state index < -0.39 is 152 Å². The molecule has 0 saturated carbocycles. The summed E-state index contributed by atoms with van der Waals surface area (Å²) < 4.78 is 0. The molecule has 1 aromatic rings. The van der Waals surface area contributed by atoms with Gasteiger partial charge in [-0.05, 0) is 52.0 Å². The molecular formula is C42H66N14O16. The highest BCUT2D eigenvalue weighted by Gasteiger charge is 2.34. The zero-order chi connectivity index (χ0) is 54.7. The third-order valence-corrected chi connectivity index (χ3v) is 10.0. The average molecular weight is 1020 g/mol.